The molecule has 96 valence electrons. The summed E-state index contributed by atoms with van der Waals surface area (Å²) in [5, 5.41) is 2.74. The molecule has 0 saturated carbocycles. The average Bonchev–Trinajstić information content (AvgIpc) is 2.30. The molecule has 18 heavy (non-hydrogen) atoms. The van der Waals surface area contributed by atoms with E-state index in [1.165, 1.54) is 13.2 Å². The molecule has 1 N–H and O–H groups in total. The summed E-state index contributed by atoms with van der Waals surface area (Å²) in [6, 6.07) is 5.04. The monoisotopic (exact) mass is 247 g/mol. The van der Waals surface area contributed by atoms with Crippen molar-refractivity contribution >= 4 is 17.6 Å². The Morgan fingerprint density at radius 2 is 1.94 bits per heavy atom. The second-order valence-corrected chi connectivity index (χ2v) is 4.23. The fourth-order valence-corrected chi connectivity index (χ4v) is 1.43. The van der Waals surface area contributed by atoms with Crippen molar-refractivity contribution in [1.29, 1.82) is 0 Å². The first kappa shape index (κ1) is 14.0. The van der Waals surface area contributed by atoms with Gasteiger partial charge in [-0.05, 0) is 38.5 Å². The second-order valence-electron chi connectivity index (χ2n) is 4.23. The van der Waals surface area contributed by atoms with Gasteiger partial charge in [0.2, 0.25) is 5.91 Å². The normalized spacial score (nSPS) is 9.56. The minimum Gasteiger partial charge on any atom is -0.465 e. The van der Waals surface area contributed by atoms with E-state index < -0.39 is 5.97 Å². The number of benzene rings is 1. The van der Waals surface area contributed by atoms with E-state index in [2.05, 4.69) is 10.1 Å². The molecule has 0 radical (unpaired) electrons. The first-order valence-electron chi connectivity index (χ1n) is 5.59. The summed E-state index contributed by atoms with van der Waals surface area (Å²) in [5.74, 6) is -0.632. The zero-order chi connectivity index (χ0) is 13.7. The van der Waals surface area contributed by atoms with Crippen molar-refractivity contribution in [3.8, 4) is 0 Å². The number of aryl methyl sites for hydroxylation is 1. The van der Waals surface area contributed by atoms with Gasteiger partial charge in [0.25, 0.3) is 0 Å². The van der Waals surface area contributed by atoms with Gasteiger partial charge in [-0.3, -0.25) is 4.79 Å². The zero-order valence-corrected chi connectivity index (χ0v) is 11.0. The molecule has 0 aliphatic rings. The van der Waals surface area contributed by atoms with Crippen LogP contribution in [-0.2, 0) is 9.53 Å². The Kier molecular flexibility index (Phi) is 4.66. The lowest BCUT2D eigenvalue weighted by Crippen LogP contribution is -2.11. The maximum atomic E-state index is 11.6. The summed E-state index contributed by atoms with van der Waals surface area (Å²) in [7, 11) is 1.32. The third kappa shape index (κ3) is 3.73. The third-order valence-corrected chi connectivity index (χ3v) is 2.34. The quantitative estimate of drug-likeness (QED) is 0.660. The Labute approximate surface area is 107 Å². The lowest BCUT2D eigenvalue weighted by Gasteiger charge is -2.08. The van der Waals surface area contributed by atoms with Crippen LogP contribution in [0, 0.1) is 6.92 Å². The van der Waals surface area contributed by atoms with Gasteiger partial charge in [-0.2, -0.15) is 0 Å². The number of amides is 1. The smallest absolute Gasteiger partial charge is 0.337 e. The zero-order valence-electron chi connectivity index (χ0n) is 11.0. The number of carbonyl (C=O) groups excluding carboxylic acids is 2. The minimum absolute atomic E-state index is 0.208. The second kappa shape index (κ2) is 6.00. The largest absolute Gasteiger partial charge is 0.465 e. The average molecular weight is 247 g/mol. The number of hydrogen-bond acceptors (Lipinski definition) is 3. The first-order valence-corrected chi connectivity index (χ1v) is 5.59. The Hall–Kier alpha value is -2.10. The van der Waals surface area contributed by atoms with E-state index in [0.717, 1.165) is 11.1 Å². The lowest BCUT2D eigenvalue weighted by atomic mass is 10.1. The summed E-state index contributed by atoms with van der Waals surface area (Å²) in [5.41, 5.74) is 2.82. The van der Waals surface area contributed by atoms with Gasteiger partial charge >= 0.3 is 5.97 Å². The topological polar surface area (TPSA) is 55.4 Å². The van der Waals surface area contributed by atoms with Crippen LogP contribution in [-0.4, -0.2) is 19.0 Å². The summed E-state index contributed by atoms with van der Waals surface area (Å²) in [4.78, 5) is 23.0. The summed E-state index contributed by atoms with van der Waals surface area (Å²) >= 11 is 0. The molecular formula is C14H17NO3. The molecule has 0 atom stereocenters. The molecule has 1 amide bonds. The number of rotatable bonds is 3. The van der Waals surface area contributed by atoms with Crippen LogP contribution in [0.5, 0.6) is 0 Å². The number of ether oxygens (including phenoxy) is 1. The van der Waals surface area contributed by atoms with Crippen LogP contribution in [0.2, 0.25) is 0 Å². The van der Waals surface area contributed by atoms with Crippen molar-refractivity contribution in [1.82, 2.24) is 0 Å². The van der Waals surface area contributed by atoms with Crippen molar-refractivity contribution < 1.29 is 14.3 Å². The molecule has 0 fully saturated rings. The van der Waals surface area contributed by atoms with Crippen molar-refractivity contribution in [2.75, 3.05) is 12.4 Å². The number of methoxy groups -OCH3 is 1. The van der Waals surface area contributed by atoms with Crippen molar-refractivity contribution in [2.24, 2.45) is 0 Å². The van der Waals surface area contributed by atoms with Gasteiger partial charge in [-0.1, -0.05) is 11.6 Å². The van der Waals surface area contributed by atoms with Crippen LogP contribution < -0.4 is 5.32 Å². The highest BCUT2D eigenvalue weighted by Crippen LogP contribution is 2.17. The number of carbonyl (C=O) groups is 2. The number of allylic oxidation sites excluding steroid dienone is 1. The van der Waals surface area contributed by atoms with E-state index in [0.29, 0.717) is 11.3 Å². The molecule has 4 nitrogen and oxygen atoms in total. The van der Waals surface area contributed by atoms with Crippen LogP contribution in [0.25, 0.3) is 0 Å². The highest BCUT2D eigenvalue weighted by Gasteiger charge is 2.09. The van der Waals surface area contributed by atoms with Crippen LogP contribution in [0.3, 0.4) is 0 Å². The Balaban J connectivity index is 2.98. The van der Waals surface area contributed by atoms with Gasteiger partial charge in [-0.15, -0.1) is 0 Å². The summed E-state index contributed by atoms with van der Waals surface area (Å²) in [6.45, 7) is 5.55. The van der Waals surface area contributed by atoms with Crippen molar-refractivity contribution in [3.63, 3.8) is 0 Å². The third-order valence-electron chi connectivity index (χ3n) is 2.34. The molecule has 0 saturated heterocycles. The van der Waals surface area contributed by atoms with E-state index in [4.69, 9.17) is 0 Å². The predicted molar refractivity (Wildman–Crippen MR) is 70.6 cm³/mol. The fourth-order valence-electron chi connectivity index (χ4n) is 1.43. The van der Waals surface area contributed by atoms with Gasteiger partial charge in [0, 0.05) is 11.8 Å². The molecule has 1 rings (SSSR count). The molecule has 0 bridgehead atoms. The highest BCUT2D eigenvalue weighted by molar-refractivity contribution is 6.01. The maximum absolute atomic E-state index is 11.6. The van der Waals surface area contributed by atoms with E-state index >= 15 is 0 Å². The maximum Gasteiger partial charge on any atom is 0.337 e. The van der Waals surface area contributed by atoms with Gasteiger partial charge in [-0.25, -0.2) is 4.79 Å². The van der Waals surface area contributed by atoms with Gasteiger partial charge in [0.1, 0.15) is 0 Å². The molecular weight excluding hydrogens is 230 g/mol. The first-order chi connectivity index (χ1) is 8.43. The molecule has 0 aliphatic carbocycles. The SMILES string of the molecule is COC(=O)c1ccc(C)c(NC(=O)C=C(C)C)c1. The number of hydrogen-bond donors (Lipinski definition) is 1. The Morgan fingerprint density at radius 3 is 2.50 bits per heavy atom. The number of nitrogens with one attached hydrogen (secondary N) is 1. The van der Waals surface area contributed by atoms with Gasteiger partial charge in [0.05, 0.1) is 12.7 Å². The van der Waals surface area contributed by atoms with Gasteiger partial charge in [0.15, 0.2) is 0 Å². The molecule has 4 heteroatoms. The standard InChI is InChI=1S/C14H17NO3/c1-9(2)7-13(16)15-12-8-11(14(17)18-4)6-5-10(12)3/h5-8H,1-4H3,(H,15,16). The van der Waals surface area contributed by atoms with Crippen molar-refractivity contribution in [2.45, 2.75) is 20.8 Å². The van der Waals surface area contributed by atoms with E-state index in [1.54, 1.807) is 18.2 Å². The molecule has 1 aromatic carbocycles. The van der Waals surface area contributed by atoms with Gasteiger partial charge < -0.3 is 10.1 Å². The highest BCUT2D eigenvalue weighted by atomic mass is 16.5. The minimum atomic E-state index is -0.423. The lowest BCUT2D eigenvalue weighted by molar-refractivity contribution is -0.112. The number of esters is 1. The molecule has 0 spiro atoms. The van der Waals surface area contributed by atoms with Crippen LogP contribution in [0.1, 0.15) is 29.8 Å². The van der Waals surface area contributed by atoms with E-state index in [-0.39, 0.29) is 5.91 Å². The molecule has 0 heterocycles. The predicted octanol–water partition coefficient (Wildman–Crippen LogP) is 2.69. The number of anilines is 1. The van der Waals surface area contributed by atoms with Crippen LogP contribution >= 0.6 is 0 Å². The summed E-state index contributed by atoms with van der Waals surface area (Å²) < 4.78 is 4.64. The Bertz CT molecular complexity index is 500. The van der Waals surface area contributed by atoms with E-state index in [1.807, 2.05) is 20.8 Å². The Morgan fingerprint density at radius 1 is 1.28 bits per heavy atom. The molecule has 0 unspecified atom stereocenters. The van der Waals surface area contributed by atoms with Crippen molar-refractivity contribution in [3.05, 3.63) is 41.0 Å². The molecule has 0 aliphatic heterocycles. The van der Waals surface area contributed by atoms with Crippen LogP contribution in [0.15, 0.2) is 29.8 Å². The van der Waals surface area contributed by atoms with E-state index in [9.17, 15) is 9.59 Å². The molecule has 1 aromatic rings. The van der Waals surface area contributed by atoms with Crippen LogP contribution in [0.4, 0.5) is 5.69 Å². The fraction of sp³-hybridized carbons (Fsp3) is 0.286. The molecule has 0 aromatic heterocycles. The summed E-state index contributed by atoms with van der Waals surface area (Å²) in [6.07, 6.45) is 1.50.